The first-order valence-corrected chi connectivity index (χ1v) is 8.72. The third kappa shape index (κ3) is 2.17. The van der Waals surface area contributed by atoms with Crippen molar-refractivity contribution in [2.45, 2.75) is 45.4 Å². The highest BCUT2D eigenvalue weighted by Crippen LogP contribution is 2.46. The molecule has 2 aromatic rings. The monoisotopic (exact) mass is 348 g/mol. The zero-order valence-electron chi connectivity index (χ0n) is 12.5. The first-order chi connectivity index (χ1) is 10.2. The van der Waals surface area contributed by atoms with Gasteiger partial charge in [-0.2, -0.15) is 0 Å². The van der Waals surface area contributed by atoms with E-state index in [0.29, 0.717) is 5.41 Å². The summed E-state index contributed by atoms with van der Waals surface area (Å²) in [5.74, 6) is 1.05. The number of fused-ring (bicyclic) bond motifs is 1. The molecule has 21 heavy (non-hydrogen) atoms. The van der Waals surface area contributed by atoms with Gasteiger partial charge in [0.2, 0.25) is 5.95 Å². The Morgan fingerprint density at radius 3 is 2.57 bits per heavy atom. The zero-order chi connectivity index (χ0) is 14.4. The molecule has 2 aliphatic rings. The van der Waals surface area contributed by atoms with Crippen LogP contribution >= 0.6 is 15.9 Å². The van der Waals surface area contributed by atoms with Crippen molar-refractivity contribution in [2.75, 3.05) is 18.0 Å². The van der Waals surface area contributed by atoms with E-state index < -0.39 is 0 Å². The van der Waals surface area contributed by atoms with Crippen molar-refractivity contribution in [3.63, 3.8) is 0 Å². The van der Waals surface area contributed by atoms with Gasteiger partial charge in [0.1, 0.15) is 0 Å². The Balaban J connectivity index is 1.65. The second kappa shape index (κ2) is 4.97. The molecular formula is C16H21BrN4. The van der Waals surface area contributed by atoms with E-state index >= 15 is 0 Å². The Kier molecular flexibility index (Phi) is 3.21. The van der Waals surface area contributed by atoms with E-state index in [9.17, 15) is 0 Å². The summed E-state index contributed by atoms with van der Waals surface area (Å²) in [6.07, 6.45) is 12.2. The fourth-order valence-electron chi connectivity index (χ4n) is 4.07. The smallest absolute Gasteiger partial charge is 0.211 e. The molecule has 0 bridgehead atoms. The molecule has 0 unspecified atom stereocenters. The van der Waals surface area contributed by atoms with Crippen LogP contribution in [0.2, 0.25) is 0 Å². The van der Waals surface area contributed by atoms with E-state index in [2.05, 4.69) is 30.2 Å². The van der Waals surface area contributed by atoms with Crippen molar-refractivity contribution in [1.29, 1.82) is 0 Å². The van der Waals surface area contributed by atoms with Crippen molar-refractivity contribution >= 4 is 27.5 Å². The Morgan fingerprint density at radius 2 is 1.86 bits per heavy atom. The normalized spacial score (nSPS) is 21.5. The minimum Gasteiger partial charge on any atom is -0.342 e. The van der Waals surface area contributed by atoms with Gasteiger partial charge in [-0.25, -0.2) is 9.97 Å². The molecule has 1 aliphatic heterocycles. The molecule has 1 aliphatic carbocycles. The largest absolute Gasteiger partial charge is 0.342 e. The van der Waals surface area contributed by atoms with Crippen LogP contribution in [-0.4, -0.2) is 27.5 Å². The highest BCUT2D eigenvalue weighted by molar-refractivity contribution is 9.10. The average Bonchev–Trinajstić information content (AvgIpc) is 3.14. The summed E-state index contributed by atoms with van der Waals surface area (Å²) in [6.45, 7) is 4.30. The molecule has 4 nitrogen and oxygen atoms in total. The average molecular weight is 349 g/mol. The highest BCUT2D eigenvalue weighted by Gasteiger charge is 2.37. The quantitative estimate of drug-likeness (QED) is 0.781. The maximum atomic E-state index is 4.81. The number of aromatic nitrogens is 3. The Bertz CT molecular complexity index is 662. The lowest BCUT2D eigenvalue weighted by Crippen LogP contribution is -2.40. The molecule has 0 amide bonds. The van der Waals surface area contributed by atoms with Crippen molar-refractivity contribution in [2.24, 2.45) is 5.41 Å². The van der Waals surface area contributed by atoms with E-state index in [1.165, 1.54) is 38.5 Å². The summed E-state index contributed by atoms with van der Waals surface area (Å²) >= 11 is 3.60. The van der Waals surface area contributed by atoms with Crippen LogP contribution in [0.15, 0.2) is 16.9 Å². The third-order valence-electron chi connectivity index (χ3n) is 5.41. The lowest BCUT2D eigenvalue weighted by Gasteiger charge is -2.40. The molecule has 2 aromatic heterocycles. The van der Waals surface area contributed by atoms with Crippen molar-refractivity contribution in [1.82, 2.24) is 14.4 Å². The number of piperidine rings is 1. The Morgan fingerprint density at radius 1 is 1.14 bits per heavy atom. The number of anilines is 1. The first-order valence-electron chi connectivity index (χ1n) is 7.93. The topological polar surface area (TPSA) is 33.4 Å². The minimum absolute atomic E-state index is 0.648. The van der Waals surface area contributed by atoms with E-state index in [1.807, 2.05) is 19.3 Å². The number of nitrogens with zero attached hydrogens (tertiary/aromatic N) is 4. The van der Waals surface area contributed by atoms with Crippen LogP contribution in [0, 0.1) is 12.3 Å². The standard InChI is InChI=1S/C16H21BrN4/c1-12-13(17)14-18-8-11-21(14)15(19-12)20-9-6-16(7-10-20)4-2-3-5-16/h8,11H,2-7,9-10H2,1H3. The van der Waals surface area contributed by atoms with Gasteiger partial charge in [0.05, 0.1) is 10.2 Å². The Labute approximate surface area is 133 Å². The molecule has 112 valence electrons. The number of aryl methyl sites for hydroxylation is 1. The number of halogens is 1. The van der Waals surface area contributed by atoms with Gasteiger partial charge in [-0.3, -0.25) is 4.40 Å². The summed E-state index contributed by atoms with van der Waals surface area (Å²) < 4.78 is 3.12. The van der Waals surface area contributed by atoms with Crippen molar-refractivity contribution in [3.8, 4) is 0 Å². The van der Waals surface area contributed by atoms with Crippen LogP contribution in [0.1, 0.15) is 44.2 Å². The van der Waals surface area contributed by atoms with Gasteiger partial charge in [0.25, 0.3) is 0 Å². The van der Waals surface area contributed by atoms with E-state index in [-0.39, 0.29) is 0 Å². The molecule has 0 aromatic carbocycles. The van der Waals surface area contributed by atoms with Gasteiger partial charge >= 0.3 is 0 Å². The maximum absolute atomic E-state index is 4.81. The van der Waals surface area contributed by atoms with Crippen LogP contribution < -0.4 is 4.90 Å². The van der Waals surface area contributed by atoms with Gasteiger partial charge in [-0.05, 0) is 54.0 Å². The fourth-order valence-corrected chi connectivity index (χ4v) is 4.45. The first kappa shape index (κ1) is 13.6. The second-order valence-electron chi connectivity index (χ2n) is 6.63. The molecule has 1 saturated carbocycles. The lowest BCUT2D eigenvalue weighted by atomic mass is 9.77. The Hall–Kier alpha value is -1.10. The van der Waals surface area contributed by atoms with Crippen molar-refractivity contribution < 1.29 is 0 Å². The van der Waals surface area contributed by atoms with Crippen molar-refractivity contribution in [3.05, 3.63) is 22.6 Å². The van der Waals surface area contributed by atoms with Crippen LogP contribution in [0.3, 0.4) is 0 Å². The molecule has 3 heterocycles. The molecule has 2 fully saturated rings. The van der Waals surface area contributed by atoms with Crippen LogP contribution in [-0.2, 0) is 0 Å². The van der Waals surface area contributed by atoms with E-state index in [1.54, 1.807) is 0 Å². The highest BCUT2D eigenvalue weighted by atomic mass is 79.9. The minimum atomic E-state index is 0.648. The van der Waals surface area contributed by atoms with Crippen LogP contribution in [0.5, 0.6) is 0 Å². The predicted octanol–water partition coefficient (Wildman–Crippen LogP) is 3.96. The second-order valence-corrected chi connectivity index (χ2v) is 7.42. The van der Waals surface area contributed by atoms with E-state index in [0.717, 1.165) is 34.9 Å². The van der Waals surface area contributed by atoms with Gasteiger partial charge in [-0.1, -0.05) is 12.8 Å². The summed E-state index contributed by atoms with van der Waals surface area (Å²) in [6, 6.07) is 0. The van der Waals surface area contributed by atoms with Gasteiger partial charge in [0, 0.05) is 25.5 Å². The SMILES string of the molecule is Cc1nc(N2CCC3(CCCC3)CC2)n2ccnc2c1Br. The zero-order valence-corrected chi connectivity index (χ0v) is 14.1. The maximum Gasteiger partial charge on any atom is 0.211 e. The molecule has 0 radical (unpaired) electrons. The predicted molar refractivity (Wildman–Crippen MR) is 87.8 cm³/mol. The third-order valence-corrected chi connectivity index (χ3v) is 6.34. The van der Waals surface area contributed by atoms with Gasteiger partial charge in [-0.15, -0.1) is 0 Å². The van der Waals surface area contributed by atoms with Crippen LogP contribution in [0.25, 0.3) is 5.65 Å². The molecule has 1 saturated heterocycles. The molecule has 0 atom stereocenters. The number of hydrogen-bond donors (Lipinski definition) is 0. The lowest BCUT2D eigenvalue weighted by molar-refractivity contribution is 0.225. The molecule has 1 spiro atoms. The number of imidazole rings is 1. The summed E-state index contributed by atoms with van der Waals surface area (Å²) in [4.78, 5) is 11.7. The fraction of sp³-hybridized carbons (Fsp3) is 0.625. The molecule has 5 heteroatoms. The summed E-state index contributed by atoms with van der Waals surface area (Å²) in [5, 5.41) is 0. The molecule has 4 rings (SSSR count). The van der Waals surface area contributed by atoms with Gasteiger partial charge < -0.3 is 4.90 Å². The molecule has 0 N–H and O–H groups in total. The van der Waals surface area contributed by atoms with Gasteiger partial charge in [0.15, 0.2) is 5.65 Å². The number of rotatable bonds is 1. The molecular weight excluding hydrogens is 328 g/mol. The summed E-state index contributed by atoms with van der Waals surface area (Å²) in [5.41, 5.74) is 2.64. The van der Waals surface area contributed by atoms with Crippen LogP contribution in [0.4, 0.5) is 5.95 Å². The summed E-state index contributed by atoms with van der Waals surface area (Å²) in [7, 11) is 0. The number of hydrogen-bond acceptors (Lipinski definition) is 3. The van der Waals surface area contributed by atoms with E-state index in [4.69, 9.17) is 4.98 Å².